The molecule has 0 N–H and O–H groups in total. The van der Waals surface area contributed by atoms with E-state index in [0.717, 1.165) is 11.3 Å². The molecule has 0 aromatic carbocycles. The van der Waals surface area contributed by atoms with Crippen molar-refractivity contribution in [2.24, 2.45) is 0 Å². The highest BCUT2D eigenvalue weighted by Crippen LogP contribution is 2.28. The third-order valence-electron chi connectivity index (χ3n) is 2.47. The van der Waals surface area contributed by atoms with E-state index in [2.05, 4.69) is 15.0 Å². The highest BCUT2D eigenvalue weighted by molar-refractivity contribution is 7.98. The zero-order chi connectivity index (χ0) is 13.7. The molecule has 6 heteroatoms. The molecule has 0 spiro atoms. The highest BCUT2D eigenvalue weighted by Gasteiger charge is 2.11. The van der Waals surface area contributed by atoms with Crippen LogP contribution in [0.25, 0.3) is 0 Å². The molecule has 0 aliphatic rings. The Morgan fingerprint density at radius 1 is 1.16 bits per heavy atom. The van der Waals surface area contributed by atoms with Crippen LogP contribution in [0.4, 0.5) is 0 Å². The minimum absolute atomic E-state index is 0.488. The van der Waals surface area contributed by atoms with Gasteiger partial charge in [-0.1, -0.05) is 0 Å². The number of rotatable bonds is 5. The van der Waals surface area contributed by atoms with Crippen molar-refractivity contribution in [2.45, 2.75) is 13.8 Å². The number of hydrogen-bond donors (Lipinski definition) is 0. The van der Waals surface area contributed by atoms with Gasteiger partial charge in [0.25, 0.3) is 0 Å². The number of aromatic nitrogens is 3. The molecule has 2 heterocycles. The van der Waals surface area contributed by atoms with Gasteiger partial charge in [0.15, 0.2) is 5.75 Å². The summed E-state index contributed by atoms with van der Waals surface area (Å²) in [6, 6.07) is 3.68. The SMILES string of the molecule is CSCOc1ncnc(Oc2cccnc2C)c1C. The highest BCUT2D eigenvalue weighted by atomic mass is 32.2. The average Bonchev–Trinajstić information content (AvgIpc) is 2.42. The first-order valence-corrected chi connectivity index (χ1v) is 7.14. The van der Waals surface area contributed by atoms with Gasteiger partial charge in [0, 0.05) is 6.20 Å². The van der Waals surface area contributed by atoms with Crippen molar-refractivity contribution in [2.75, 3.05) is 12.2 Å². The van der Waals surface area contributed by atoms with E-state index in [-0.39, 0.29) is 0 Å². The summed E-state index contributed by atoms with van der Waals surface area (Å²) in [4.78, 5) is 12.4. The summed E-state index contributed by atoms with van der Waals surface area (Å²) in [5, 5.41) is 0. The Morgan fingerprint density at radius 2 is 1.95 bits per heavy atom. The number of hydrogen-bond acceptors (Lipinski definition) is 6. The topological polar surface area (TPSA) is 57.1 Å². The number of pyridine rings is 1. The molecule has 100 valence electrons. The van der Waals surface area contributed by atoms with Crippen LogP contribution in [0.5, 0.6) is 17.5 Å². The Labute approximate surface area is 116 Å². The first-order valence-electron chi connectivity index (χ1n) is 5.75. The molecule has 0 saturated heterocycles. The van der Waals surface area contributed by atoms with E-state index in [9.17, 15) is 0 Å². The maximum Gasteiger partial charge on any atom is 0.229 e. The predicted octanol–water partition coefficient (Wildman–Crippen LogP) is 2.98. The second-order valence-electron chi connectivity index (χ2n) is 3.85. The molecule has 2 rings (SSSR count). The van der Waals surface area contributed by atoms with E-state index in [0.29, 0.717) is 23.4 Å². The Balaban J connectivity index is 2.23. The largest absolute Gasteiger partial charge is 0.466 e. The van der Waals surface area contributed by atoms with Gasteiger partial charge >= 0.3 is 0 Å². The second kappa shape index (κ2) is 6.38. The van der Waals surface area contributed by atoms with E-state index in [1.165, 1.54) is 6.33 Å². The van der Waals surface area contributed by atoms with Crippen molar-refractivity contribution in [1.29, 1.82) is 0 Å². The number of thioether (sulfide) groups is 1. The van der Waals surface area contributed by atoms with Crippen LogP contribution >= 0.6 is 11.8 Å². The summed E-state index contributed by atoms with van der Waals surface area (Å²) >= 11 is 1.58. The second-order valence-corrected chi connectivity index (χ2v) is 4.66. The van der Waals surface area contributed by atoms with E-state index in [1.54, 1.807) is 18.0 Å². The molecule has 5 nitrogen and oxygen atoms in total. The molecule has 0 unspecified atom stereocenters. The fourth-order valence-corrected chi connectivity index (χ4v) is 1.69. The summed E-state index contributed by atoms with van der Waals surface area (Å²) in [5.74, 6) is 2.26. The monoisotopic (exact) mass is 277 g/mol. The quantitative estimate of drug-likeness (QED) is 0.783. The standard InChI is InChI=1S/C13H15N3O2S/c1-9-12(17-8-19-3)15-7-16-13(9)18-11-5-4-6-14-10(11)2/h4-7H,8H2,1-3H3. The third kappa shape index (κ3) is 3.35. The summed E-state index contributed by atoms with van der Waals surface area (Å²) in [7, 11) is 0. The van der Waals surface area contributed by atoms with Crippen LogP contribution in [0.15, 0.2) is 24.7 Å². The number of ether oxygens (including phenoxy) is 2. The van der Waals surface area contributed by atoms with Gasteiger partial charge in [-0.2, -0.15) is 0 Å². The molecule has 0 atom stereocenters. The molecular weight excluding hydrogens is 262 g/mol. The molecule has 0 amide bonds. The lowest BCUT2D eigenvalue weighted by Crippen LogP contribution is -2.01. The lowest BCUT2D eigenvalue weighted by Gasteiger charge is -2.11. The molecule has 0 saturated carbocycles. The minimum atomic E-state index is 0.488. The van der Waals surface area contributed by atoms with Gasteiger partial charge in [-0.15, -0.1) is 11.8 Å². The van der Waals surface area contributed by atoms with Crippen molar-refractivity contribution in [3.63, 3.8) is 0 Å². The van der Waals surface area contributed by atoms with E-state index in [1.807, 2.05) is 32.2 Å². The summed E-state index contributed by atoms with van der Waals surface area (Å²) in [5.41, 5.74) is 1.59. The Kier molecular flexibility index (Phi) is 4.57. The molecule has 0 aliphatic heterocycles. The lowest BCUT2D eigenvalue weighted by atomic mass is 10.3. The van der Waals surface area contributed by atoms with Gasteiger partial charge in [0.2, 0.25) is 11.8 Å². The van der Waals surface area contributed by atoms with E-state index in [4.69, 9.17) is 9.47 Å². The van der Waals surface area contributed by atoms with Crippen molar-refractivity contribution >= 4 is 11.8 Å². The Bertz CT molecular complexity index is 563. The Morgan fingerprint density at radius 3 is 2.68 bits per heavy atom. The first-order chi connectivity index (χ1) is 9.22. The van der Waals surface area contributed by atoms with Crippen molar-refractivity contribution in [3.05, 3.63) is 35.9 Å². The molecule has 0 bridgehead atoms. The summed E-state index contributed by atoms with van der Waals surface area (Å²) < 4.78 is 11.3. The van der Waals surface area contributed by atoms with Crippen molar-refractivity contribution in [3.8, 4) is 17.5 Å². The maximum absolute atomic E-state index is 5.76. The molecule has 2 aromatic rings. The molecular formula is C13H15N3O2S. The van der Waals surface area contributed by atoms with Crippen LogP contribution in [-0.2, 0) is 0 Å². The third-order valence-corrected chi connectivity index (χ3v) is 2.82. The van der Waals surface area contributed by atoms with Crippen LogP contribution < -0.4 is 9.47 Å². The van der Waals surface area contributed by atoms with Crippen LogP contribution in [-0.4, -0.2) is 27.1 Å². The summed E-state index contributed by atoms with van der Waals surface area (Å²) in [6.45, 7) is 3.76. The minimum Gasteiger partial charge on any atom is -0.466 e. The molecule has 19 heavy (non-hydrogen) atoms. The maximum atomic E-state index is 5.76. The fraction of sp³-hybridized carbons (Fsp3) is 0.308. The smallest absolute Gasteiger partial charge is 0.229 e. The van der Waals surface area contributed by atoms with Crippen LogP contribution in [0.3, 0.4) is 0 Å². The number of aryl methyl sites for hydroxylation is 1. The molecule has 0 fully saturated rings. The van der Waals surface area contributed by atoms with E-state index >= 15 is 0 Å². The van der Waals surface area contributed by atoms with Gasteiger partial charge < -0.3 is 9.47 Å². The van der Waals surface area contributed by atoms with Crippen LogP contribution in [0.2, 0.25) is 0 Å². The zero-order valence-corrected chi connectivity index (χ0v) is 11.9. The average molecular weight is 277 g/mol. The van der Waals surface area contributed by atoms with Gasteiger partial charge in [0.1, 0.15) is 12.3 Å². The van der Waals surface area contributed by atoms with Gasteiger partial charge in [-0.05, 0) is 32.2 Å². The lowest BCUT2D eigenvalue weighted by molar-refractivity contribution is 0.365. The van der Waals surface area contributed by atoms with Crippen LogP contribution in [0.1, 0.15) is 11.3 Å². The molecule has 0 aliphatic carbocycles. The molecule has 0 radical (unpaired) electrons. The van der Waals surface area contributed by atoms with Gasteiger partial charge in [-0.3, -0.25) is 4.98 Å². The van der Waals surface area contributed by atoms with Crippen LogP contribution in [0, 0.1) is 13.8 Å². The normalized spacial score (nSPS) is 10.3. The summed E-state index contributed by atoms with van der Waals surface area (Å²) in [6.07, 6.45) is 5.12. The van der Waals surface area contributed by atoms with E-state index < -0.39 is 0 Å². The molecule has 2 aromatic heterocycles. The van der Waals surface area contributed by atoms with Gasteiger partial charge in [-0.25, -0.2) is 9.97 Å². The predicted molar refractivity (Wildman–Crippen MR) is 74.8 cm³/mol. The van der Waals surface area contributed by atoms with Crippen molar-refractivity contribution in [1.82, 2.24) is 15.0 Å². The fourth-order valence-electron chi connectivity index (χ4n) is 1.46. The zero-order valence-electron chi connectivity index (χ0n) is 11.1. The number of nitrogens with zero attached hydrogens (tertiary/aromatic N) is 3. The van der Waals surface area contributed by atoms with Gasteiger partial charge in [0.05, 0.1) is 11.3 Å². The van der Waals surface area contributed by atoms with Crippen molar-refractivity contribution < 1.29 is 9.47 Å². The first kappa shape index (κ1) is 13.6. The Hall–Kier alpha value is -1.82.